The first-order valence-corrected chi connectivity index (χ1v) is 10.8. The van der Waals surface area contributed by atoms with Crippen molar-refractivity contribution >= 4 is 29.9 Å². The molecule has 7 nitrogen and oxygen atoms in total. The van der Waals surface area contributed by atoms with Gasteiger partial charge in [-0.15, -0.1) is 24.0 Å². The van der Waals surface area contributed by atoms with E-state index in [4.69, 9.17) is 14.3 Å². The molecule has 31 heavy (non-hydrogen) atoms. The zero-order chi connectivity index (χ0) is 21.4. The van der Waals surface area contributed by atoms with E-state index in [1.807, 2.05) is 6.07 Å². The molecule has 0 aliphatic carbocycles. The highest BCUT2D eigenvalue weighted by Crippen LogP contribution is 2.14. The van der Waals surface area contributed by atoms with Crippen LogP contribution in [0, 0.1) is 0 Å². The highest BCUT2D eigenvalue weighted by molar-refractivity contribution is 14.0. The Morgan fingerprint density at radius 2 is 1.90 bits per heavy atom. The summed E-state index contributed by atoms with van der Waals surface area (Å²) in [7, 11) is 0. The van der Waals surface area contributed by atoms with Gasteiger partial charge in [0.2, 0.25) is 0 Å². The van der Waals surface area contributed by atoms with E-state index in [0.717, 1.165) is 50.9 Å². The van der Waals surface area contributed by atoms with Gasteiger partial charge in [-0.3, -0.25) is 4.90 Å². The minimum absolute atomic E-state index is 0. The molecule has 0 radical (unpaired) electrons. The fourth-order valence-electron chi connectivity index (χ4n) is 3.38. The van der Waals surface area contributed by atoms with Crippen LogP contribution in [0.25, 0.3) is 0 Å². The molecule has 0 amide bonds. The van der Waals surface area contributed by atoms with E-state index >= 15 is 0 Å². The van der Waals surface area contributed by atoms with Gasteiger partial charge in [0, 0.05) is 45.3 Å². The first-order valence-electron chi connectivity index (χ1n) is 10.8. The number of halogens is 1. The molecule has 1 N–H and O–H groups in total. The molecule has 1 aliphatic heterocycles. The van der Waals surface area contributed by atoms with Gasteiger partial charge in [-0.1, -0.05) is 29.4 Å². The molecular formula is C23H36IN5O2. The second-order valence-electron chi connectivity index (χ2n) is 8.65. The Balaban J connectivity index is 0.00000341. The van der Waals surface area contributed by atoms with E-state index < -0.39 is 0 Å². The van der Waals surface area contributed by atoms with Crippen LogP contribution in [0.4, 0.5) is 0 Å². The number of nitrogens with zero attached hydrogens (tertiary/aromatic N) is 4. The molecule has 1 aromatic carbocycles. The number of ether oxygens (including phenoxy) is 1. The Bertz CT molecular complexity index is 797. The first-order chi connectivity index (χ1) is 14.4. The molecule has 2 aromatic rings. The Kier molecular flexibility index (Phi) is 10.2. The maximum absolute atomic E-state index is 5.91. The predicted molar refractivity (Wildman–Crippen MR) is 135 cm³/mol. The number of nitrogens with one attached hydrogen (secondary N) is 1. The predicted octanol–water partition coefficient (Wildman–Crippen LogP) is 3.89. The summed E-state index contributed by atoms with van der Waals surface area (Å²) in [6, 6.07) is 10.4. The maximum atomic E-state index is 5.91. The van der Waals surface area contributed by atoms with Crippen molar-refractivity contribution in [2.24, 2.45) is 4.99 Å². The van der Waals surface area contributed by atoms with Crippen molar-refractivity contribution in [2.45, 2.75) is 53.0 Å². The van der Waals surface area contributed by atoms with Crippen molar-refractivity contribution in [3.05, 3.63) is 53.4 Å². The monoisotopic (exact) mass is 541 g/mol. The van der Waals surface area contributed by atoms with Gasteiger partial charge in [0.25, 0.3) is 0 Å². The van der Waals surface area contributed by atoms with E-state index in [-0.39, 0.29) is 29.6 Å². The Morgan fingerprint density at radius 1 is 1.16 bits per heavy atom. The zero-order valence-electron chi connectivity index (χ0n) is 19.1. The summed E-state index contributed by atoms with van der Waals surface area (Å²) in [4.78, 5) is 9.64. The molecule has 1 saturated heterocycles. The quantitative estimate of drug-likeness (QED) is 0.326. The zero-order valence-corrected chi connectivity index (χ0v) is 21.5. The molecule has 172 valence electrons. The third-order valence-corrected chi connectivity index (χ3v) is 4.96. The van der Waals surface area contributed by atoms with Gasteiger partial charge in [0.15, 0.2) is 5.96 Å². The van der Waals surface area contributed by atoms with Crippen LogP contribution >= 0.6 is 24.0 Å². The molecule has 8 heteroatoms. The van der Waals surface area contributed by atoms with Gasteiger partial charge < -0.3 is 19.5 Å². The van der Waals surface area contributed by atoms with Crippen LogP contribution in [-0.2, 0) is 24.4 Å². The van der Waals surface area contributed by atoms with Crippen molar-refractivity contribution < 1.29 is 9.26 Å². The van der Waals surface area contributed by atoms with Crippen LogP contribution in [0.3, 0.4) is 0 Å². The number of hydrogen-bond acceptors (Lipinski definition) is 5. The van der Waals surface area contributed by atoms with Gasteiger partial charge >= 0.3 is 0 Å². The second kappa shape index (κ2) is 12.4. The minimum atomic E-state index is -0.137. The number of rotatable bonds is 7. The minimum Gasteiger partial charge on any atom is -0.371 e. The lowest BCUT2D eigenvalue weighted by Crippen LogP contribution is -2.52. The summed E-state index contributed by atoms with van der Waals surface area (Å²) in [5.74, 6) is 0.981. The van der Waals surface area contributed by atoms with Crippen molar-refractivity contribution in [1.29, 1.82) is 0 Å². The van der Waals surface area contributed by atoms with Gasteiger partial charge in [-0.2, -0.15) is 0 Å². The summed E-state index contributed by atoms with van der Waals surface area (Å²) < 4.78 is 10.8. The smallest absolute Gasteiger partial charge is 0.194 e. The number of benzene rings is 1. The number of aromatic nitrogens is 1. The van der Waals surface area contributed by atoms with Gasteiger partial charge in [-0.25, -0.2) is 4.99 Å². The van der Waals surface area contributed by atoms with E-state index in [1.165, 1.54) is 11.1 Å². The fraction of sp³-hybridized carbons (Fsp3) is 0.565. The number of guanidine groups is 1. The molecule has 0 bridgehead atoms. The summed E-state index contributed by atoms with van der Waals surface area (Å²) in [5, 5.41) is 7.46. The van der Waals surface area contributed by atoms with E-state index in [1.54, 1.807) is 6.26 Å². The van der Waals surface area contributed by atoms with Gasteiger partial charge in [0.1, 0.15) is 6.26 Å². The molecule has 0 spiro atoms. The summed E-state index contributed by atoms with van der Waals surface area (Å²) in [6.45, 7) is 15.2. The summed E-state index contributed by atoms with van der Waals surface area (Å²) in [6.07, 6.45) is 1.63. The molecule has 1 aromatic heterocycles. The molecule has 0 unspecified atom stereocenters. The first kappa shape index (κ1) is 25.6. The van der Waals surface area contributed by atoms with Crippen LogP contribution in [-0.4, -0.2) is 59.2 Å². The van der Waals surface area contributed by atoms with Crippen LogP contribution in [0.2, 0.25) is 0 Å². The SMILES string of the molecule is CCNC(=NCc1cccc(COC(C)(C)C)c1)N1CCN(Cc2ccon2)CC1.I. The normalized spacial score (nSPS) is 15.6. The van der Waals surface area contributed by atoms with Crippen LogP contribution in [0.15, 0.2) is 46.1 Å². The third kappa shape index (κ3) is 8.78. The average Bonchev–Trinajstić information content (AvgIpc) is 3.23. The Hall–Kier alpha value is -1.65. The van der Waals surface area contributed by atoms with E-state index in [0.29, 0.717) is 13.2 Å². The van der Waals surface area contributed by atoms with Crippen molar-refractivity contribution in [2.75, 3.05) is 32.7 Å². The van der Waals surface area contributed by atoms with Gasteiger partial charge in [0.05, 0.1) is 24.4 Å². The van der Waals surface area contributed by atoms with E-state index in [2.05, 4.69) is 72.2 Å². The lowest BCUT2D eigenvalue weighted by molar-refractivity contribution is -0.0149. The third-order valence-electron chi connectivity index (χ3n) is 4.96. The molecule has 1 fully saturated rings. The molecule has 3 rings (SSSR count). The lowest BCUT2D eigenvalue weighted by Gasteiger charge is -2.36. The fourth-order valence-corrected chi connectivity index (χ4v) is 3.38. The number of aliphatic imine (C=N–C) groups is 1. The van der Waals surface area contributed by atoms with Crippen molar-refractivity contribution in [1.82, 2.24) is 20.3 Å². The highest BCUT2D eigenvalue weighted by atomic mass is 127. The summed E-state index contributed by atoms with van der Waals surface area (Å²) >= 11 is 0. The lowest BCUT2D eigenvalue weighted by atomic mass is 10.1. The van der Waals surface area contributed by atoms with Crippen LogP contribution in [0.1, 0.15) is 44.5 Å². The van der Waals surface area contributed by atoms with Crippen LogP contribution < -0.4 is 5.32 Å². The summed E-state index contributed by atoms with van der Waals surface area (Å²) in [5.41, 5.74) is 3.23. The topological polar surface area (TPSA) is 66.1 Å². The standard InChI is InChI=1S/C23H35N5O2.HI/c1-5-24-22(28-12-10-27(11-13-28)17-21-9-14-30-26-21)25-16-19-7-6-8-20(15-19)18-29-23(2,3)4;/h6-9,14-15H,5,10-13,16-18H2,1-4H3,(H,24,25);1H. The van der Waals surface area contributed by atoms with Gasteiger partial charge in [-0.05, 0) is 38.8 Å². The molecule has 0 saturated carbocycles. The largest absolute Gasteiger partial charge is 0.371 e. The Morgan fingerprint density at radius 3 is 2.55 bits per heavy atom. The molecule has 2 heterocycles. The number of piperazine rings is 1. The highest BCUT2D eigenvalue weighted by Gasteiger charge is 2.20. The average molecular weight is 541 g/mol. The Labute approximate surface area is 203 Å². The van der Waals surface area contributed by atoms with Crippen molar-refractivity contribution in [3.8, 4) is 0 Å². The molecule has 0 atom stereocenters. The van der Waals surface area contributed by atoms with E-state index in [9.17, 15) is 0 Å². The van der Waals surface area contributed by atoms with Crippen LogP contribution in [0.5, 0.6) is 0 Å². The second-order valence-corrected chi connectivity index (χ2v) is 8.65. The number of hydrogen-bond donors (Lipinski definition) is 1. The van der Waals surface area contributed by atoms with Crippen molar-refractivity contribution in [3.63, 3.8) is 0 Å². The molecule has 1 aliphatic rings. The molecular weight excluding hydrogens is 505 g/mol. The maximum Gasteiger partial charge on any atom is 0.194 e.